The Hall–Kier alpha value is -2.14. The summed E-state index contributed by atoms with van der Waals surface area (Å²) in [5, 5.41) is 9.94. The summed E-state index contributed by atoms with van der Waals surface area (Å²) in [4.78, 5) is 12.3. The first-order valence-corrected chi connectivity index (χ1v) is 6.68. The second kappa shape index (κ2) is 6.86. The van der Waals surface area contributed by atoms with Crippen molar-refractivity contribution in [3.63, 3.8) is 0 Å². The second-order valence-electron chi connectivity index (χ2n) is 4.54. The molecule has 0 atom stereocenters. The topological polar surface area (TPSA) is 67.2 Å². The van der Waals surface area contributed by atoms with Crippen LogP contribution in [0.15, 0.2) is 34.9 Å². The van der Waals surface area contributed by atoms with Gasteiger partial charge in [-0.2, -0.15) is 0 Å². The molecule has 106 valence electrons. The van der Waals surface area contributed by atoms with Crippen molar-refractivity contribution >= 4 is 5.91 Å². The van der Waals surface area contributed by atoms with E-state index in [1.54, 1.807) is 6.92 Å². The molecule has 0 bridgehead atoms. The number of rotatable bonds is 6. The maximum absolute atomic E-state index is 12.3. The van der Waals surface area contributed by atoms with Crippen LogP contribution in [0.3, 0.4) is 0 Å². The van der Waals surface area contributed by atoms with Gasteiger partial charge in [0, 0.05) is 12.1 Å². The van der Waals surface area contributed by atoms with Gasteiger partial charge in [-0.25, -0.2) is 0 Å². The Labute approximate surface area is 118 Å². The lowest BCUT2D eigenvalue weighted by Gasteiger charge is -2.05. The number of aryl methyl sites for hydroxylation is 1. The van der Waals surface area contributed by atoms with Crippen molar-refractivity contribution in [3.05, 3.63) is 41.7 Å². The van der Waals surface area contributed by atoms with Crippen molar-refractivity contribution in [1.29, 1.82) is 0 Å². The van der Waals surface area contributed by atoms with Crippen molar-refractivity contribution in [2.75, 3.05) is 20.1 Å². The Bertz CT molecular complexity index is 564. The van der Waals surface area contributed by atoms with Crippen LogP contribution >= 0.6 is 0 Å². The summed E-state index contributed by atoms with van der Waals surface area (Å²) < 4.78 is 5.18. The number of aromatic nitrogens is 1. The quantitative estimate of drug-likeness (QED) is 0.790. The van der Waals surface area contributed by atoms with Crippen LogP contribution in [-0.2, 0) is 0 Å². The third kappa shape index (κ3) is 3.24. The van der Waals surface area contributed by atoms with E-state index in [-0.39, 0.29) is 5.91 Å². The molecule has 5 nitrogen and oxygen atoms in total. The number of amides is 1. The van der Waals surface area contributed by atoms with Crippen LogP contribution in [0.1, 0.15) is 22.5 Å². The van der Waals surface area contributed by atoms with Gasteiger partial charge in [0.25, 0.3) is 5.91 Å². The smallest absolute Gasteiger partial charge is 0.257 e. The van der Waals surface area contributed by atoms with E-state index >= 15 is 0 Å². The molecule has 0 spiro atoms. The monoisotopic (exact) mass is 273 g/mol. The average Bonchev–Trinajstić information content (AvgIpc) is 2.86. The highest BCUT2D eigenvalue weighted by Crippen LogP contribution is 2.24. The van der Waals surface area contributed by atoms with Gasteiger partial charge in [-0.15, -0.1) is 0 Å². The molecule has 1 amide bonds. The molecule has 0 aliphatic heterocycles. The van der Waals surface area contributed by atoms with E-state index in [0.29, 0.717) is 23.6 Å². The minimum Gasteiger partial charge on any atom is -0.360 e. The summed E-state index contributed by atoms with van der Waals surface area (Å²) in [6.45, 7) is 3.24. The number of hydrogen-bond donors (Lipinski definition) is 2. The predicted octanol–water partition coefficient (Wildman–Crippen LogP) is 1.99. The molecule has 0 aliphatic carbocycles. The van der Waals surface area contributed by atoms with Gasteiger partial charge in [0.2, 0.25) is 0 Å². The first kappa shape index (κ1) is 14.3. The standard InChI is InChI=1S/C15H19N3O2/c1-11-13(15(19)17-10-6-9-16-2)14(18-20-11)12-7-4-3-5-8-12/h3-5,7-8,16H,6,9-10H2,1-2H3,(H,17,19). The van der Waals surface area contributed by atoms with Gasteiger partial charge < -0.3 is 15.2 Å². The highest BCUT2D eigenvalue weighted by atomic mass is 16.5. The van der Waals surface area contributed by atoms with Gasteiger partial charge in [-0.3, -0.25) is 4.79 Å². The van der Waals surface area contributed by atoms with Gasteiger partial charge in [-0.05, 0) is 26.9 Å². The number of carbonyl (C=O) groups is 1. The van der Waals surface area contributed by atoms with Gasteiger partial charge in [0.1, 0.15) is 17.0 Å². The lowest BCUT2D eigenvalue weighted by atomic mass is 10.1. The Morgan fingerprint density at radius 2 is 2.00 bits per heavy atom. The van der Waals surface area contributed by atoms with Crippen molar-refractivity contribution in [1.82, 2.24) is 15.8 Å². The van der Waals surface area contributed by atoms with Crippen LogP contribution in [0.4, 0.5) is 0 Å². The van der Waals surface area contributed by atoms with Crippen LogP contribution in [-0.4, -0.2) is 31.2 Å². The van der Waals surface area contributed by atoms with Gasteiger partial charge in [0.05, 0.1) is 0 Å². The maximum Gasteiger partial charge on any atom is 0.257 e. The SMILES string of the molecule is CNCCCNC(=O)c1c(-c2ccccc2)noc1C. The number of nitrogens with one attached hydrogen (secondary N) is 2. The largest absolute Gasteiger partial charge is 0.360 e. The van der Waals surface area contributed by atoms with Gasteiger partial charge in [0.15, 0.2) is 0 Å². The molecule has 1 heterocycles. The lowest BCUT2D eigenvalue weighted by molar-refractivity contribution is 0.0952. The summed E-state index contributed by atoms with van der Waals surface area (Å²) in [5.41, 5.74) is 1.99. The van der Waals surface area contributed by atoms with E-state index in [0.717, 1.165) is 18.5 Å². The molecule has 2 rings (SSSR count). The van der Waals surface area contributed by atoms with Crippen LogP contribution in [0, 0.1) is 6.92 Å². The minimum absolute atomic E-state index is 0.140. The van der Waals surface area contributed by atoms with Crippen LogP contribution in [0.2, 0.25) is 0 Å². The predicted molar refractivity (Wildman–Crippen MR) is 77.6 cm³/mol. The molecule has 2 N–H and O–H groups in total. The molecule has 2 aromatic rings. The molecular weight excluding hydrogens is 254 g/mol. The highest BCUT2D eigenvalue weighted by molar-refractivity contribution is 6.00. The van der Waals surface area contributed by atoms with Crippen molar-refractivity contribution in [2.24, 2.45) is 0 Å². The fourth-order valence-corrected chi connectivity index (χ4v) is 1.99. The highest BCUT2D eigenvalue weighted by Gasteiger charge is 2.20. The second-order valence-corrected chi connectivity index (χ2v) is 4.54. The van der Waals surface area contributed by atoms with E-state index in [4.69, 9.17) is 4.52 Å². The fraction of sp³-hybridized carbons (Fsp3) is 0.333. The summed E-state index contributed by atoms with van der Waals surface area (Å²) in [6, 6.07) is 9.57. The summed E-state index contributed by atoms with van der Waals surface area (Å²) in [6.07, 6.45) is 0.882. The maximum atomic E-state index is 12.3. The van der Waals surface area contributed by atoms with Gasteiger partial charge in [-0.1, -0.05) is 35.5 Å². The third-order valence-electron chi connectivity index (χ3n) is 3.03. The van der Waals surface area contributed by atoms with E-state index in [1.807, 2.05) is 37.4 Å². The normalized spacial score (nSPS) is 10.5. The Morgan fingerprint density at radius 1 is 1.25 bits per heavy atom. The third-order valence-corrected chi connectivity index (χ3v) is 3.03. The zero-order valence-corrected chi connectivity index (χ0v) is 11.8. The average molecular weight is 273 g/mol. The number of benzene rings is 1. The summed E-state index contributed by atoms with van der Waals surface area (Å²) in [7, 11) is 1.89. The summed E-state index contributed by atoms with van der Waals surface area (Å²) >= 11 is 0. The zero-order chi connectivity index (χ0) is 14.4. The molecule has 0 aliphatic rings. The van der Waals surface area contributed by atoms with Crippen molar-refractivity contribution in [2.45, 2.75) is 13.3 Å². The first-order chi connectivity index (χ1) is 9.74. The molecule has 20 heavy (non-hydrogen) atoms. The van der Waals surface area contributed by atoms with Crippen molar-refractivity contribution < 1.29 is 9.32 Å². The Kier molecular flexibility index (Phi) is 4.90. The molecule has 5 heteroatoms. The number of nitrogens with zero attached hydrogens (tertiary/aromatic N) is 1. The van der Waals surface area contributed by atoms with E-state index in [2.05, 4.69) is 15.8 Å². The summed E-state index contributed by atoms with van der Waals surface area (Å²) in [5.74, 6) is 0.397. The van der Waals surface area contributed by atoms with E-state index < -0.39 is 0 Å². The van der Waals surface area contributed by atoms with Crippen LogP contribution in [0.5, 0.6) is 0 Å². The Balaban J connectivity index is 2.15. The van der Waals surface area contributed by atoms with Crippen LogP contribution in [0.25, 0.3) is 11.3 Å². The molecule has 0 saturated carbocycles. The lowest BCUT2D eigenvalue weighted by Crippen LogP contribution is -2.27. The number of carbonyl (C=O) groups excluding carboxylic acids is 1. The number of hydrogen-bond acceptors (Lipinski definition) is 4. The molecule has 0 saturated heterocycles. The minimum atomic E-state index is -0.140. The van der Waals surface area contributed by atoms with Gasteiger partial charge >= 0.3 is 0 Å². The molecule has 0 unspecified atom stereocenters. The van der Waals surface area contributed by atoms with E-state index in [9.17, 15) is 4.79 Å². The Morgan fingerprint density at radius 3 is 2.70 bits per heavy atom. The zero-order valence-electron chi connectivity index (χ0n) is 11.8. The van der Waals surface area contributed by atoms with Crippen molar-refractivity contribution in [3.8, 4) is 11.3 Å². The molecule has 0 radical (unpaired) electrons. The molecular formula is C15H19N3O2. The fourth-order valence-electron chi connectivity index (χ4n) is 1.99. The van der Waals surface area contributed by atoms with E-state index in [1.165, 1.54) is 0 Å². The van der Waals surface area contributed by atoms with Crippen LogP contribution < -0.4 is 10.6 Å². The molecule has 1 aromatic carbocycles. The molecule has 0 fully saturated rings. The first-order valence-electron chi connectivity index (χ1n) is 6.68. The molecule has 1 aromatic heterocycles.